The van der Waals surface area contributed by atoms with Crippen molar-refractivity contribution in [3.8, 4) is 0 Å². The summed E-state index contributed by atoms with van der Waals surface area (Å²) in [5.74, 6) is 0. The van der Waals surface area contributed by atoms with Crippen LogP contribution in [0.4, 0.5) is 0 Å². The van der Waals surface area contributed by atoms with Crippen LogP contribution in [0.1, 0.15) is 26.2 Å². The summed E-state index contributed by atoms with van der Waals surface area (Å²) in [5.41, 5.74) is 1.29. The molecule has 1 aliphatic rings. The molecule has 0 amide bonds. The van der Waals surface area contributed by atoms with Crippen LogP contribution in [0.5, 0.6) is 0 Å². The Morgan fingerprint density at radius 2 is 2.17 bits per heavy atom. The Morgan fingerprint density at radius 1 is 1.50 bits per heavy atom. The van der Waals surface area contributed by atoms with Crippen molar-refractivity contribution >= 4 is 0 Å². The SMILES string of the molecule is C=C(CC)CNC1CCOCC1. The summed E-state index contributed by atoms with van der Waals surface area (Å²) in [4.78, 5) is 0. The molecule has 12 heavy (non-hydrogen) atoms. The summed E-state index contributed by atoms with van der Waals surface area (Å²) < 4.78 is 5.27. The first-order valence-corrected chi connectivity index (χ1v) is 4.80. The van der Waals surface area contributed by atoms with E-state index in [1.54, 1.807) is 0 Å². The van der Waals surface area contributed by atoms with Crippen molar-refractivity contribution < 1.29 is 4.74 Å². The molecule has 0 saturated carbocycles. The maximum Gasteiger partial charge on any atom is 0.0480 e. The average Bonchev–Trinajstić information content (AvgIpc) is 2.16. The summed E-state index contributed by atoms with van der Waals surface area (Å²) in [6, 6.07) is 0.655. The molecule has 2 heteroatoms. The summed E-state index contributed by atoms with van der Waals surface area (Å²) in [6.45, 7) is 8.91. The lowest BCUT2D eigenvalue weighted by Gasteiger charge is -2.23. The largest absolute Gasteiger partial charge is 0.381 e. The van der Waals surface area contributed by atoms with Crippen molar-refractivity contribution in [1.29, 1.82) is 0 Å². The van der Waals surface area contributed by atoms with Crippen molar-refractivity contribution in [1.82, 2.24) is 5.32 Å². The third kappa shape index (κ3) is 3.37. The van der Waals surface area contributed by atoms with Gasteiger partial charge in [-0.2, -0.15) is 0 Å². The molecule has 1 aliphatic heterocycles. The van der Waals surface area contributed by atoms with Gasteiger partial charge in [-0.25, -0.2) is 0 Å². The molecule has 0 atom stereocenters. The zero-order valence-electron chi connectivity index (χ0n) is 7.94. The molecule has 1 N–H and O–H groups in total. The molecular weight excluding hydrogens is 150 g/mol. The predicted molar refractivity (Wildman–Crippen MR) is 51.3 cm³/mol. The van der Waals surface area contributed by atoms with E-state index >= 15 is 0 Å². The van der Waals surface area contributed by atoms with Crippen molar-refractivity contribution in [2.45, 2.75) is 32.2 Å². The highest BCUT2D eigenvalue weighted by Gasteiger charge is 2.12. The molecule has 0 aromatic carbocycles. The van der Waals surface area contributed by atoms with Gasteiger partial charge in [-0.15, -0.1) is 0 Å². The Balaban J connectivity index is 2.09. The Labute approximate surface area is 75.0 Å². The minimum atomic E-state index is 0.655. The van der Waals surface area contributed by atoms with Crippen molar-refractivity contribution in [3.63, 3.8) is 0 Å². The summed E-state index contributed by atoms with van der Waals surface area (Å²) in [5, 5.41) is 3.49. The summed E-state index contributed by atoms with van der Waals surface area (Å²) in [7, 11) is 0. The highest BCUT2D eigenvalue weighted by molar-refractivity contribution is 4.95. The van der Waals surface area contributed by atoms with Crippen molar-refractivity contribution in [2.24, 2.45) is 0 Å². The van der Waals surface area contributed by atoms with E-state index in [0.717, 1.165) is 39.0 Å². The van der Waals surface area contributed by atoms with Crippen LogP contribution in [-0.4, -0.2) is 25.8 Å². The highest BCUT2D eigenvalue weighted by atomic mass is 16.5. The molecule has 0 radical (unpaired) electrons. The smallest absolute Gasteiger partial charge is 0.0480 e. The van der Waals surface area contributed by atoms with E-state index < -0.39 is 0 Å². The molecule has 1 saturated heterocycles. The second kappa shape index (κ2) is 5.33. The van der Waals surface area contributed by atoms with Crippen LogP contribution < -0.4 is 5.32 Å². The fourth-order valence-electron chi connectivity index (χ4n) is 1.32. The van der Waals surface area contributed by atoms with Gasteiger partial charge in [-0.1, -0.05) is 19.1 Å². The van der Waals surface area contributed by atoms with E-state index in [1.165, 1.54) is 5.57 Å². The Bertz CT molecular complexity index is 139. The quantitative estimate of drug-likeness (QED) is 0.647. The fraction of sp³-hybridized carbons (Fsp3) is 0.800. The fourth-order valence-corrected chi connectivity index (χ4v) is 1.32. The molecule has 1 fully saturated rings. The first kappa shape index (κ1) is 9.75. The number of hydrogen-bond acceptors (Lipinski definition) is 2. The van der Waals surface area contributed by atoms with E-state index in [9.17, 15) is 0 Å². The van der Waals surface area contributed by atoms with E-state index in [0.29, 0.717) is 6.04 Å². The Kier molecular flexibility index (Phi) is 4.33. The van der Waals surface area contributed by atoms with Gasteiger partial charge in [-0.05, 0) is 19.3 Å². The molecule has 70 valence electrons. The van der Waals surface area contributed by atoms with Gasteiger partial charge in [0.2, 0.25) is 0 Å². The topological polar surface area (TPSA) is 21.3 Å². The van der Waals surface area contributed by atoms with E-state index in [1.807, 2.05) is 0 Å². The second-order valence-electron chi connectivity index (χ2n) is 3.37. The van der Waals surface area contributed by atoms with Gasteiger partial charge in [0.15, 0.2) is 0 Å². The molecule has 0 spiro atoms. The van der Waals surface area contributed by atoms with Crippen molar-refractivity contribution in [3.05, 3.63) is 12.2 Å². The van der Waals surface area contributed by atoms with Gasteiger partial charge in [0.25, 0.3) is 0 Å². The second-order valence-corrected chi connectivity index (χ2v) is 3.37. The Morgan fingerprint density at radius 3 is 2.75 bits per heavy atom. The van der Waals surface area contributed by atoms with E-state index in [4.69, 9.17) is 4.74 Å². The first-order chi connectivity index (χ1) is 5.83. The highest BCUT2D eigenvalue weighted by Crippen LogP contribution is 2.06. The molecular formula is C10H19NO. The third-order valence-corrected chi connectivity index (χ3v) is 2.36. The number of ether oxygens (including phenoxy) is 1. The van der Waals surface area contributed by atoms with E-state index in [-0.39, 0.29) is 0 Å². The standard InChI is InChI=1S/C10H19NO/c1-3-9(2)8-11-10-4-6-12-7-5-10/h10-11H,2-8H2,1H3. The lowest BCUT2D eigenvalue weighted by atomic mass is 10.1. The van der Waals surface area contributed by atoms with Crippen molar-refractivity contribution in [2.75, 3.05) is 19.8 Å². The normalized spacial score (nSPS) is 19.4. The van der Waals surface area contributed by atoms with Crippen LogP contribution >= 0.6 is 0 Å². The maximum absolute atomic E-state index is 5.27. The van der Waals surface area contributed by atoms with E-state index in [2.05, 4.69) is 18.8 Å². The Hall–Kier alpha value is -0.340. The molecule has 0 aromatic rings. The molecule has 1 heterocycles. The van der Waals surface area contributed by atoms with Gasteiger partial charge in [0, 0.05) is 25.8 Å². The van der Waals surface area contributed by atoms with Crippen LogP contribution in [0, 0.1) is 0 Å². The molecule has 2 nitrogen and oxygen atoms in total. The molecule has 0 unspecified atom stereocenters. The summed E-state index contributed by atoms with van der Waals surface area (Å²) >= 11 is 0. The molecule has 1 rings (SSSR count). The number of nitrogens with one attached hydrogen (secondary N) is 1. The van der Waals surface area contributed by atoms with Crippen LogP contribution in [0.3, 0.4) is 0 Å². The lowest BCUT2D eigenvalue weighted by molar-refractivity contribution is 0.0787. The third-order valence-electron chi connectivity index (χ3n) is 2.36. The number of hydrogen-bond donors (Lipinski definition) is 1. The first-order valence-electron chi connectivity index (χ1n) is 4.80. The predicted octanol–water partition coefficient (Wildman–Crippen LogP) is 1.72. The molecule has 0 aliphatic carbocycles. The number of rotatable bonds is 4. The van der Waals surface area contributed by atoms with Gasteiger partial charge >= 0.3 is 0 Å². The monoisotopic (exact) mass is 169 g/mol. The van der Waals surface area contributed by atoms with Crippen LogP contribution in [-0.2, 0) is 4.74 Å². The molecule has 0 bridgehead atoms. The zero-order valence-corrected chi connectivity index (χ0v) is 7.94. The van der Waals surface area contributed by atoms with Crippen LogP contribution in [0.25, 0.3) is 0 Å². The summed E-state index contributed by atoms with van der Waals surface area (Å²) in [6.07, 6.45) is 3.38. The average molecular weight is 169 g/mol. The van der Waals surface area contributed by atoms with Gasteiger partial charge in [0.05, 0.1) is 0 Å². The maximum atomic E-state index is 5.27. The van der Waals surface area contributed by atoms with Crippen LogP contribution in [0.15, 0.2) is 12.2 Å². The lowest BCUT2D eigenvalue weighted by Crippen LogP contribution is -2.35. The van der Waals surface area contributed by atoms with Crippen LogP contribution in [0.2, 0.25) is 0 Å². The zero-order chi connectivity index (χ0) is 8.81. The van der Waals surface area contributed by atoms with Gasteiger partial charge in [-0.3, -0.25) is 0 Å². The minimum absolute atomic E-state index is 0.655. The minimum Gasteiger partial charge on any atom is -0.381 e. The molecule has 0 aromatic heterocycles. The van der Waals surface area contributed by atoms with Gasteiger partial charge < -0.3 is 10.1 Å². The van der Waals surface area contributed by atoms with Gasteiger partial charge in [0.1, 0.15) is 0 Å².